The topological polar surface area (TPSA) is 21.8 Å². The minimum atomic E-state index is 0.703. The molecule has 0 bridgehead atoms. The molecule has 2 heterocycles. The molecule has 70 valence electrons. The fourth-order valence-corrected chi connectivity index (χ4v) is 1.89. The molecular formula is C10H18O2. The first-order valence-electron chi connectivity index (χ1n) is 5.20. The van der Waals surface area contributed by atoms with Crippen molar-refractivity contribution in [3.05, 3.63) is 0 Å². The third-order valence-corrected chi connectivity index (χ3v) is 2.74. The first-order valence-corrected chi connectivity index (χ1v) is 5.20. The van der Waals surface area contributed by atoms with Crippen LogP contribution in [0.2, 0.25) is 0 Å². The molecule has 2 saturated heterocycles. The number of ether oxygens (including phenoxy) is 2. The van der Waals surface area contributed by atoms with Crippen molar-refractivity contribution in [3.63, 3.8) is 0 Å². The molecule has 1 saturated carbocycles. The predicted octanol–water partition coefficient (Wildman–Crippen LogP) is 2.12. The summed E-state index contributed by atoms with van der Waals surface area (Å²) in [5, 5.41) is 0. The van der Waals surface area contributed by atoms with Crippen molar-refractivity contribution in [2.24, 2.45) is 0 Å². The summed E-state index contributed by atoms with van der Waals surface area (Å²) in [6, 6.07) is 0. The van der Waals surface area contributed by atoms with E-state index in [0.717, 1.165) is 13.2 Å². The Morgan fingerprint density at radius 3 is 1.67 bits per heavy atom. The molecule has 0 aromatic rings. The van der Waals surface area contributed by atoms with Crippen LogP contribution in [0.4, 0.5) is 0 Å². The Morgan fingerprint density at radius 2 is 1.33 bits per heavy atom. The molecule has 0 N–H and O–H groups in total. The molecule has 0 aromatic carbocycles. The molecule has 3 fully saturated rings. The maximum absolute atomic E-state index is 5.28. The fourth-order valence-electron chi connectivity index (χ4n) is 1.89. The predicted molar refractivity (Wildman–Crippen MR) is 47.2 cm³/mol. The van der Waals surface area contributed by atoms with E-state index >= 15 is 0 Å². The van der Waals surface area contributed by atoms with Crippen LogP contribution in [0.25, 0.3) is 0 Å². The normalized spacial score (nSPS) is 38.0. The van der Waals surface area contributed by atoms with E-state index in [1.807, 2.05) is 0 Å². The quantitative estimate of drug-likeness (QED) is 0.519. The van der Waals surface area contributed by atoms with Crippen molar-refractivity contribution in [1.82, 2.24) is 0 Å². The zero-order valence-electron chi connectivity index (χ0n) is 7.63. The van der Waals surface area contributed by atoms with E-state index in [1.54, 1.807) is 0 Å². The van der Waals surface area contributed by atoms with Crippen LogP contribution >= 0.6 is 0 Å². The van der Waals surface area contributed by atoms with Gasteiger partial charge in [-0.3, -0.25) is 0 Å². The molecule has 0 radical (unpaired) electrons. The van der Waals surface area contributed by atoms with Gasteiger partial charge >= 0.3 is 0 Å². The first-order chi connectivity index (χ1) is 5.97. The van der Waals surface area contributed by atoms with Crippen molar-refractivity contribution < 1.29 is 9.47 Å². The van der Waals surface area contributed by atoms with Crippen molar-refractivity contribution >= 4 is 0 Å². The summed E-state index contributed by atoms with van der Waals surface area (Å²) in [7, 11) is 0. The van der Waals surface area contributed by atoms with E-state index in [0.29, 0.717) is 12.2 Å². The van der Waals surface area contributed by atoms with Crippen molar-refractivity contribution in [2.45, 2.75) is 50.7 Å². The van der Waals surface area contributed by atoms with Gasteiger partial charge in [-0.2, -0.15) is 0 Å². The number of hydrogen-bond acceptors (Lipinski definition) is 2. The Bertz CT molecular complexity index is 114. The minimum absolute atomic E-state index is 0.703. The summed E-state index contributed by atoms with van der Waals surface area (Å²) in [6.07, 6.45) is 9.44. The third kappa shape index (κ3) is 2.46. The lowest BCUT2D eigenvalue weighted by atomic mass is 10.0. The Morgan fingerprint density at radius 1 is 0.750 bits per heavy atom. The summed E-state index contributed by atoms with van der Waals surface area (Å²) in [5.41, 5.74) is 0. The number of epoxide rings is 1. The third-order valence-electron chi connectivity index (χ3n) is 2.74. The van der Waals surface area contributed by atoms with Gasteiger partial charge in [0.2, 0.25) is 0 Å². The van der Waals surface area contributed by atoms with Gasteiger partial charge in [-0.1, -0.05) is 12.8 Å². The van der Waals surface area contributed by atoms with Crippen LogP contribution in [-0.2, 0) is 9.47 Å². The van der Waals surface area contributed by atoms with Crippen LogP contribution in [0.1, 0.15) is 38.5 Å². The van der Waals surface area contributed by atoms with Crippen molar-refractivity contribution in [1.29, 1.82) is 0 Å². The lowest BCUT2D eigenvalue weighted by Crippen LogP contribution is -2.00. The lowest BCUT2D eigenvalue weighted by molar-refractivity contribution is 0.198. The Kier molecular flexibility index (Phi) is 3.01. The zero-order chi connectivity index (χ0) is 8.23. The van der Waals surface area contributed by atoms with E-state index in [1.165, 1.54) is 38.5 Å². The van der Waals surface area contributed by atoms with Gasteiger partial charge in [0.1, 0.15) is 0 Å². The van der Waals surface area contributed by atoms with Crippen molar-refractivity contribution in [3.8, 4) is 0 Å². The highest BCUT2D eigenvalue weighted by Gasteiger charge is 2.39. The zero-order valence-corrected chi connectivity index (χ0v) is 7.63. The molecule has 0 spiro atoms. The van der Waals surface area contributed by atoms with E-state index in [9.17, 15) is 0 Å². The molecule has 2 unspecified atom stereocenters. The Balaban J connectivity index is 0.000000100. The lowest BCUT2D eigenvalue weighted by Gasteiger charge is -2.00. The fraction of sp³-hybridized carbons (Fsp3) is 1.00. The van der Waals surface area contributed by atoms with E-state index in [-0.39, 0.29) is 0 Å². The maximum Gasteiger partial charge on any atom is 0.0841 e. The van der Waals surface area contributed by atoms with Crippen LogP contribution in [0.15, 0.2) is 0 Å². The molecule has 2 atom stereocenters. The standard InChI is InChI=1S/C6H10O.C4H8O/c1-2-4-6-5(3-1)7-6;1-2-4-5-3-1/h5-6H,1-4H2;1-4H2. The molecular weight excluding hydrogens is 152 g/mol. The van der Waals surface area contributed by atoms with Gasteiger partial charge in [0, 0.05) is 13.2 Å². The van der Waals surface area contributed by atoms with Crippen LogP contribution < -0.4 is 0 Å². The molecule has 3 rings (SSSR count). The maximum atomic E-state index is 5.28. The molecule has 2 nitrogen and oxygen atoms in total. The number of hydrogen-bond donors (Lipinski definition) is 0. The van der Waals surface area contributed by atoms with E-state index in [4.69, 9.17) is 9.47 Å². The van der Waals surface area contributed by atoms with Crippen LogP contribution in [0.3, 0.4) is 0 Å². The van der Waals surface area contributed by atoms with Gasteiger partial charge in [-0.25, -0.2) is 0 Å². The van der Waals surface area contributed by atoms with Gasteiger partial charge in [-0.05, 0) is 25.7 Å². The smallest absolute Gasteiger partial charge is 0.0841 e. The summed E-state index contributed by atoms with van der Waals surface area (Å²) >= 11 is 0. The minimum Gasteiger partial charge on any atom is -0.381 e. The highest BCUT2D eigenvalue weighted by atomic mass is 16.6. The largest absolute Gasteiger partial charge is 0.381 e. The number of fused-ring (bicyclic) bond motifs is 1. The van der Waals surface area contributed by atoms with Crippen molar-refractivity contribution in [2.75, 3.05) is 13.2 Å². The second-order valence-electron chi connectivity index (χ2n) is 3.82. The molecule has 2 aliphatic heterocycles. The van der Waals surface area contributed by atoms with E-state index in [2.05, 4.69) is 0 Å². The average Bonchev–Trinajstić information content (AvgIpc) is 2.64. The summed E-state index contributed by atoms with van der Waals surface area (Å²) in [6.45, 7) is 2.00. The first kappa shape index (κ1) is 8.52. The summed E-state index contributed by atoms with van der Waals surface area (Å²) in [4.78, 5) is 0. The molecule has 2 heteroatoms. The highest BCUT2D eigenvalue weighted by molar-refractivity contribution is 4.87. The monoisotopic (exact) mass is 170 g/mol. The Labute approximate surface area is 74.2 Å². The molecule has 0 aromatic heterocycles. The summed E-state index contributed by atoms with van der Waals surface area (Å²) < 4.78 is 10.2. The average molecular weight is 170 g/mol. The van der Waals surface area contributed by atoms with Crippen LogP contribution in [0, 0.1) is 0 Å². The summed E-state index contributed by atoms with van der Waals surface area (Å²) in [5.74, 6) is 0. The highest BCUT2D eigenvalue weighted by Crippen LogP contribution is 2.35. The van der Waals surface area contributed by atoms with Gasteiger partial charge in [0.05, 0.1) is 12.2 Å². The molecule has 12 heavy (non-hydrogen) atoms. The van der Waals surface area contributed by atoms with Gasteiger partial charge < -0.3 is 9.47 Å². The van der Waals surface area contributed by atoms with Crippen LogP contribution in [-0.4, -0.2) is 25.4 Å². The van der Waals surface area contributed by atoms with Gasteiger partial charge in [0.25, 0.3) is 0 Å². The molecule has 3 aliphatic rings. The van der Waals surface area contributed by atoms with Crippen LogP contribution in [0.5, 0.6) is 0 Å². The number of rotatable bonds is 0. The second kappa shape index (κ2) is 4.24. The van der Waals surface area contributed by atoms with E-state index < -0.39 is 0 Å². The molecule has 1 aliphatic carbocycles. The van der Waals surface area contributed by atoms with Gasteiger partial charge in [-0.15, -0.1) is 0 Å². The molecule has 0 amide bonds. The SMILES string of the molecule is C1CCC2OC2C1.C1CCOC1. The second-order valence-corrected chi connectivity index (χ2v) is 3.82. The van der Waals surface area contributed by atoms with Gasteiger partial charge in [0.15, 0.2) is 0 Å². The Hall–Kier alpha value is -0.0800.